The van der Waals surface area contributed by atoms with Gasteiger partial charge in [-0.15, -0.1) is 0 Å². The highest BCUT2D eigenvalue weighted by Gasteiger charge is 2.16. The summed E-state index contributed by atoms with van der Waals surface area (Å²) in [6.07, 6.45) is 1.15. The van der Waals surface area contributed by atoms with Gasteiger partial charge in [-0.2, -0.15) is 0 Å². The molecule has 0 aliphatic rings. The Morgan fingerprint density at radius 3 is 2.60 bits per heavy atom. The Labute approximate surface area is 127 Å². The molecule has 0 bridgehead atoms. The molecular formula is C11H15Cl2N3O3S. The lowest BCUT2D eigenvalue weighted by Crippen LogP contribution is -2.34. The van der Waals surface area contributed by atoms with Gasteiger partial charge in [0, 0.05) is 25.2 Å². The molecule has 6 nitrogen and oxygen atoms in total. The van der Waals surface area contributed by atoms with E-state index in [0.29, 0.717) is 0 Å². The fourth-order valence-electron chi connectivity index (χ4n) is 1.33. The van der Waals surface area contributed by atoms with Gasteiger partial charge in [0.05, 0.1) is 5.02 Å². The number of aromatic nitrogens is 1. The summed E-state index contributed by atoms with van der Waals surface area (Å²) in [5.41, 5.74) is 0. The molecule has 0 spiro atoms. The first-order valence-corrected chi connectivity index (χ1v) is 8.06. The maximum atomic E-state index is 11.9. The molecule has 1 aromatic rings. The number of hydrogen-bond donors (Lipinski definition) is 2. The predicted molar refractivity (Wildman–Crippen MR) is 77.3 cm³/mol. The average molecular weight is 340 g/mol. The number of halogens is 2. The number of pyridine rings is 1. The molecule has 0 unspecified atom stereocenters. The Hall–Kier alpha value is -0.890. The molecule has 0 radical (unpaired) electrons. The lowest BCUT2D eigenvalue weighted by Gasteiger charge is -2.09. The number of nitrogens with zero attached hydrogens (tertiary/aromatic N) is 1. The Morgan fingerprint density at radius 2 is 2.05 bits per heavy atom. The molecule has 0 saturated heterocycles. The van der Waals surface area contributed by atoms with Crippen LogP contribution in [0, 0.1) is 0 Å². The average Bonchev–Trinajstić information content (AvgIpc) is 2.31. The van der Waals surface area contributed by atoms with Crippen LogP contribution in [0.5, 0.6) is 0 Å². The lowest BCUT2D eigenvalue weighted by atomic mass is 10.3. The topological polar surface area (TPSA) is 88.2 Å². The monoisotopic (exact) mass is 339 g/mol. The third-order valence-electron chi connectivity index (χ3n) is 2.18. The van der Waals surface area contributed by atoms with Crippen LogP contribution in [0.15, 0.2) is 17.2 Å². The minimum atomic E-state index is -3.76. The molecular weight excluding hydrogens is 325 g/mol. The van der Waals surface area contributed by atoms with Crippen LogP contribution in [0.4, 0.5) is 0 Å². The van der Waals surface area contributed by atoms with Crippen LogP contribution in [-0.4, -0.2) is 31.9 Å². The second kappa shape index (κ2) is 7.21. The summed E-state index contributed by atoms with van der Waals surface area (Å²) < 4.78 is 26.1. The van der Waals surface area contributed by atoms with Crippen molar-refractivity contribution in [1.29, 1.82) is 0 Å². The number of carbonyl (C=O) groups is 1. The first kappa shape index (κ1) is 17.2. The quantitative estimate of drug-likeness (QED) is 0.770. The van der Waals surface area contributed by atoms with Gasteiger partial charge in [0.1, 0.15) is 10.0 Å². The maximum absolute atomic E-state index is 11.9. The summed E-state index contributed by atoms with van der Waals surface area (Å²) in [6, 6.07) is 1.21. The number of amides is 1. The first-order chi connectivity index (χ1) is 9.22. The number of carbonyl (C=O) groups excluding carboxylic acids is 1. The van der Waals surface area contributed by atoms with Crippen molar-refractivity contribution in [1.82, 2.24) is 15.0 Å². The van der Waals surface area contributed by atoms with Crippen LogP contribution in [-0.2, 0) is 14.8 Å². The van der Waals surface area contributed by atoms with E-state index in [4.69, 9.17) is 23.2 Å². The van der Waals surface area contributed by atoms with E-state index >= 15 is 0 Å². The van der Waals surface area contributed by atoms with Gasteiger partial charge in [0.2, 0.25) is 15.9 Å². The van der Waals surface area contributed by atoms with Gasteiger partial charge in [0.25, 0.3) is 0 Å². The standard InChI is InChI=1S/C11H15Cl2N3O3S/c1-7(2)16-10(17)3-4-15-20(18,19)8-5-9(12)11(13)14-6-8/h5-7,15H,3-4H2,1-2H3,(H,16,17). The highest BCUT2D eigenvalue weighted by Crippen LogP contribution is 2.21. The fourth-order valence-corrected chi connectivity index (χ4v) is 2.66. The van der Waals surface area contributed by atoms with E-state index in [1.54, 1.807) is 0 Å². The third kappa shape index (κ3) is 5.24. The van der Waals surface area contributed by atoms with Crippen molar-refractivity contribution in [3.05, 3.63) is 22.4 Å². The van der Waals surface area contributed by atoms with Crippen molar-refractivity contribution in [2.75, 3.05) is 6.54 Å². The molecule has 0 aliphatic heterocycles. The summed E-state index contributed by atoms with van der Waals surface area (Å²) in [5, 5.41) is 2.74. The summed E-state index contributed by atoms with van der Waals surface area (Å²) in [4.78, 5) is 14.9. The zero-order chi connectivity index (χ0) is 15.3. The van der Waals surface area contributed by atoms with E-state index in [-0.39, 0.29) is 40.0 Å². The van der Waals surface area contributed by atoms with Gasteiger partial charge in [0.15, 0.2) is 0 Å². The van der Waals surface area contributed by atoms with Gasteiger partial charge < -0.3 is 5.32 Å². The van der Waals surface area contributed by atoms with Crippen molar-refractivity contribution in [2.45, 2.75) is 31.2 Å². The number of rotatable bonds is 6. The van der Waals surface area contributed by atoms with E-state index in [0.717, 1.165) is 6.20 Å². The Bertz CT molecular complexity index is 591. The summed E-state index contributed by atoms with van der Waals surface area (Å²) in [7, 11) is -3.76. The summed E-state index contributed by atoms with van der Waals surface area (Å²) in [6.45, 7) is 3.63. The van der Waals surface area contributed by atoms with Crippen LogP contribution in [0.2, 0.25) is 10.2 Å². The normalized spacial score (nSPS) is 11.7. The van der Waals surface area contributed by atoms with Crippen molar-refractivity contribution in [3.63, 3.8) is 0 Å². The molecule has 112 valence electrons. The van der Waals surface area contributed by atoms with Crippen LogP contribution in [0.1, 0.15) is 20.3 Å². The molecule has 1 amide bonds. The van der Waals surface area contributed by atoms with Crippen molar-refractivity contribution in [3.8, 4) is 0 Å². The Balaban J connectivity index is 2.62. The van der Waals surface area contributed by atoms with E-state index in [1.165, 1.54) is 6.07 Å². The predicted octanol–water partition coefficient (Wildman–Crippen LogP) is 1.58. The maximum Gasteiger partial charge on any atom is 0.242 e. The molecule has 1 rings (SSSR count). The fraction of sp³-hybridized carbons (Fsp3) is 0.455. The summed E-state index contributed by atoms with van der Waals surface area (Å²) >= 11 is 11.3. The smallest absolute Gasteiger partial charge is 0.242 e. The zero-order valence-electron chi connectivity index (χ0n) is 11.0. The van der Waals surface area contributed by atoms with Crippen LogP contribution in [0.25, 0.3) is 0 Å². The molecule has 0 aliphatic carbocycles. The molecule has 0 atom stereocenters. The Kier molecular flexibility index (Phi) is 6.19. The number of sulfonamides is 1. The Morgan fingerprint density at radius 1 is 1.40 bits per heavy atom. The minimum Gasteiger partial charge on any atom is -0.354 e. The van der Waals surface area contributed by atoms with E-state index in [2.05, 4.69) is 15.0 Å². The SMILES string of the molecule is CC(C)NC(=O)CCNS(=O)(=O)c1cnc(Cl)c(Cl)c1. The largest absolute Gasteiger partial charge is 0.354 e. The van der Waals surface area contributed by atoms with Gasteiger partial charge in [-0.05, 0) is 19.9 Å². The molecule has 1 aromatic heterocycles. The molecule has 9 heteroatoms. The zero-order valence-corrected chi connectivity index (χ0v) is 13.3. The van der Waals surface area contributed by atoms with E-state index in [9.17, 15) is 13.2 Å². The molecule has 2 N–H and O–H groups in total. The molecule has 20 heavy (non-hydrogen) atoms. The van der Waals surface area contributed by atoms with Crippen LogP contribution in [0.3, 0.4) is 0 Å². The third-order valence-corrected chi connectivity index (χ3v) is 4.29. The van der Waals surface area contributed by atoms with Gasteiger partial charge >= 0.3 is 0 Å². The van der Waals surface area contributed by atoms with E-state index < -0.39 is 10.0 Å². The second-order valence-corrected chi connectivity index (χ2v) is 6.85. The highest BCUT2D eigenvalue weighted by molar-refractivity contribution is 7.89. The molecule has 0 saturated carbocycles. The van der Waals surface area contributed by atoms with Gasteiger partial charge in [-0.25, -0.2) is 18.1 Å². The van der Waals surface area contributed by atoms with Crippen molar-refractivity contribution >= 4 is 39.1 Å². The second-order valence-electron chi connectivity index (χ2n) is 4.31. The van der Waals surface area contributed by atoms with Gasteiger partial charge in [-0.3, -0.25) is 4.79 Å². The lowest BCUT2D eigenvalue weighted by molar-refractivity contribution is -0.121. The molecule has 0 fully saturated rings. The molecule has 0 aromatic carbocycles. The van der Waals surface area contributed by atoms with E-state index in [1.807, 2.05) is 13.8 Å². The van der Waals surface area contributed by atoms with Crippen LogP contribution < -0.4 is 10.0 Å². The van der Waals surface area contributed by atoms with Crippen molar-refractivity contribution in [2.24, 2.45) is 0 Å². The first-order valence-electron chi connectivity index (χ1n) is 5.82. The number of nitrogens with one attached hydrogen (secondary N) is 2. The molecule has 1 heterocycles. The van der Waals surface area contributed by atoms with Crippen molar-refractivity contribution < 1.29 is 13.2 Å². The van der Waals surface area contributed by atoms with Crippen LogP contribution >= 0.6 is 23.2 Å². The number of hydrogen-bond acceptors (Lipinski definition) is 4. The highest BCUT2D eigenvalue weighted by atomic mass is 35.5. The summed E-state index contributed by atoms with van der Waals surface area (Å²) in [5.74, 6) is -0.227. The minimum absolute atomic E-state index is 0.0124. The van der Waals surface area contributed by atoms with Gasteiger partial charge in [-0.1, -0.05) is 23.2 Å².